The van der Waals surface area contributed by atoms with E-state index in [0.717, 1.165) is 0 Å². The maximum absolute atomic E-state index is 13.8. The predicted octanol–water partition coefficient (Wildman–Crippen LogP) is -2.41. The number of phenols is 2. The first-order valence-electron chi connectivity index (χ1n) is 15.2. The Morgan fingerprint density at radius 2 is 1.52 bits per heavy atom. The van der Waals surface area contributed by atoms with Gasteiger partial charge in [-0.25, -0.2) is 0 Å². The summed E-state index contributed by atoms with van der Waals surface area (Å²) in [6, 6.07) is 4.85. The Labute approximate surface area is 266 Å². The van der Waals surface area contributed by atoms with Gasteiger partial charge in [-0.3, -0.25) is 19.2 Å². The summed E-state index contributed by atoms with van der Waals surface area (Å²) in [4.78, 5) is 53.4. The number of phenolic OH excluding ortho intramolecular Hbond substituents is 2. The molecule has 1 aliphatic rings. The van der Waals surface area contributed by atoms with Gasteiger partial charge in [-0.2, -0.15) is 0 Å². The average Bonchev–Trinajstić information content (AvgIpc) is 3.04. The summed E-state index contributed by atoms with van der Waals surface area (Å²) in [5, 5.41) is 50.4. The van der Waals surface area contributed by atoms with Crippen LogP contribution in [0.1, 0.15) is 36.8 Å². The van der Waals surface area contributed by atoms with Crippen molar-refractivity contribution in [2.24, 2.45) is 17.2 Å². The number of carbonyl (C=O) groups is 4. The van der Waals surface area contributed by atoms with Gasteiger partial charge >= 0.3 is 0 Å². The molecule has 0 spiro atoms. The molecule has 15 nitrogen and oxygen atoms in total. The molecule has 0 aromatic heterocycles. The summed E-state index contributed by atoms with van der Waals surface area (Å²) in [6.45, 7) is -0.382. The smallest absolute Gasteiger partial charge is 0.243 e. The van der Waals surface area contributed by atoms with Gasteiger partial charge in [0.1, 0.15) is 29.6 Å². The van der Waals surface area contributed by atoms with Crippen LogP contribution < -0.4 is 38.5 Å². The third-order valence-corrected chi connectivity index (χ3v) is 7.71. The van der Waals surface area contributed by atoms with E-state index in [0.29, 0.717) is 35.1 Å². The minimum absolute atomic E-state index is 0.0334. The van der Waals surface area contributed by atoms with Crippen LogP contribution in [0.15, 0.2) is 36.4 Å². The molecule has 3 unspecified atom stereocenters. The van der Waals surface area contributed by atoms with Gasteiger partial charge in [0, 0.05) is 19.4 Å². The fourth-order valence-corrected chi connectivity index (χ4v) is 5.03. The van der Waals surface area contributed by atoms with Crippen LogP contribution in [0.5, 0.6) is 11.5 Å². The Balaban J connectivity index is 2.03. The fourth-order valence-electron chi connectivity index (χ4n) is 5.03. The number of carbonyl (C=O) groups excluding carboxylic acids is 4. The van der Waals surface area contributed by atoms with E-state index >= 15 is 0 Å². The van der Waals surface area contributed by atoms with Crippen LogP contribution in [-0.4, -0.2) is 101 Å². The van der Waals surface area contributed by atoms with Gasteiger partial charge in [0.25, 0.3) is 0 Å². The molecule has 0 fully saturated rings. The highest BCUT2D eigenvalue weighted by Gasteiger charge is 2.31. The molecule has 0 saturated carbocycles. The molecule has 14 N–H and O–H groups in total. The van der Waals surface area contributed by atoms with Crippen molar-refractivity contribution in [3.63, 3.8) is 0 Å². The van der Waals surface area contributed by atoms with Crippen molar-refractivity contribution < 1.29 is 39.6 Å². The molecule has 5 atom stereocenters. The molecule has 0 aliphatic carbocycles. The Hall–Kier alpha value is -4.28. The minimum atomic E-state index is -1.32. The van der Waals surface area contributed by atoms with Gasteiger partial charge in [-0.15, -0.1) is 0 Å². The van der Waals surface area contributed by atoms with Crippen LogP contribution in [0.3, 0.4) is 0 Å². The van der Waals surface area contributed by atoms with Crippen molar-refractivity contribution in [1.29, 1.82) is 0 Å². The Morgan fingerprint density at radius 1 is 0.913 bits per heavy atom. The Bertz CT molecular complexity index is 1370. The lowest BCUT2D eigenvalue weighted by Crippen LogP contribution is -2.58. The summed E-state index contributed by atoms with van der Waals surface area (Å²) in [5.74, 6) is -2.97. The molecular weight excluding hydrogens is 598 g/mol. The summed E-state index contributed by atoms with van der Waals surface area (Å²) >= 11 is 0. The molecule has 15 heteroatoms. The van der Waals surface area contributed by atoms with E-state index in [-0.39, 0.29) is 56.8 Å². The van der Waals surface area contributed by atoms with Gasteiger partial charge in [-0.1, -0.05) is 12.1 Å². The van der Waals surface area contributed by atoms with Crippen molar-refractivity contribution in [2.45, 2.75) is 68.8 Å². The van der Waals surface area contributed by atoms with E-state index in [2.05, 4.69) is 21.3 Å². The third kappa shape index (κ3) is 10.1. The van der Waals surface area contributed by atoms with Crippen LogP contribution in [0, 0.1) is 0 Å². The van der Waals surface area contributed by atoms with E-state index < -0.39 is 60.5 Å². The maximum Gasteiger partial charge on any atom is 0.243 e. The molecule has 2 aromatic rings. The molecule has 0 saturated heterocycles. The summed E-state index contributed by atoms with van der Waals surface area (Å²) in [7, 11) is 0. The highest BCUT2D eigenvalue weighted by Crippen LogP contribution is 2.31. The van der Waals surface area contributed by atoms with Crippen LogP contribution in [-0.2, 0) is 32.0 Å². The largest absolute Gasteiger partial charge is 0.508 e. The normalized spacial score (nSPS) is 19.9. The van der Waals surface area contributed by atoms with Crippen LogP contribution in [0.4, 0.5) is 0 Å². The van der Waals surface area contributed by atoms with Gasteiger partial charge in [0.2, 0.25) is 23.6 Å². The Morgan fingerprint density at radius 3 is 2.11 bits per heavy atom. The standard InChI is InChI=1S/C31H45N7O8/c32-9-1-3-23(29(44)35-15-21(40)16-39)37-31(46)25-14-20-12-18(6-8-27(20)42)17-5-7-26(41)19(11-17)13-22(34)28(43)36-24(4-2-10-33)30(45)38-25/h5-8,11-12,21-25,39-42H,1-4,9-10,13-16,32-34H2,(H,35,44)(H,36,43)(H,37,46)(H,38,45)/t21?,22?,23-,24-,25?/m0/s1. The second-order valence-electron chi connectivity index (χ2n) is 11.3. The fraction of sp³-hybridized carbons (Fsp3) is 0.484. The lowest BCUT2D eigenvalue weighted by molar-refractivity contribution is -0.134. The van der Waals surface area contributed by atoms with Gasteiger partial charge in [0.05, 0.1) is 18.8 Å². The van der Waals surface area contributed by atoms with Crippen LogP contribution >= 0.6 is 0 Å². The molecule has 1 heterocycles. The first-order chi connectivity index (χ1) is 22.0. The zero-order chi connectivity index (χ0) is 33.8. The lowest BCUT2D eigenvalue weighted by Gasteiger charge is -2.26. The molecule has 1 aliphatic heterocycles. The number of hydrogen-bond acceptors (Lipinski definition) is 11. The number of fused-ring (bicyclic) bond motifs is 5. The zero-order valence-electron chi connectivity index (χ0n) is 25.6. The quantitative estimate of drug-likeness (QED) is 0.116. The van der Waals surface area contributed by atoms with E-state index in [9.17, 15) is 34.5 Å². The van der Waals surface area contributed by atoms with Gasteiger partial charge in [-0.05, 0) is 85.3 Å². The number of aliphatic hydroxyl groups excluding tert-OH is 2. The summed E-state index contributed by atoms with van der Waals surface area (Å²) in [5.41, 5.74) is 19.5. The second kappa shape index (κ2) is 17.4. The van der Waals surface area contributed by atoms with E-state index in [1.165, 1.54) is 12.1 Å². The van der Waals surface area contributed by atoms with Gasteiger partial charge in [0.15, 0.2) is 0 Å². The van der Waals surface area contributed by atoms with Crippen LogP contribution in [0.2, 0.25) is 0 Å². The van der Waals surface area contributed by atoms with Crippen molar-refractivity contribution in [2.75, 3.05) is 26.2 Å². The molecule has 0 radical (unpaired) electrons. The van der Waals surface area contributed by atoms with E-state index in [1.807, 2.05) is 0 Å². The number of rotatable bonds is 12. The number of aromatic hydroxyl groups is 2. The number of nitrogens with one attached hydrogen (secondary N) is 4. The highest BCUT2D eigenvalue weighted by atomic mass is 16.3. The SMILES string of the molecule is NCCC[C@@H]1NC(=O)C(N)Cc2cc(ccc2O)-c2ccc(O)c(c2)CC(C(=O)N[C@@H](CCCN)C(=O)NCC(O)CO)NC1=O. The number of nitrogens with two attached hydrogens (primary N) is 3. The number of benzene rings is 2. The Kier molecular flexibility index (Phi) is 13.7. The van der Waals surface area contributed by atoms with Crippen molar-refractivity contribution in [1.82, 2.24) is 21.3 Å². The average molecular weight is 644 g/mol. The van der Waals surface area contributed by atoms with Gasteiger partial charge < -0.3 is 58.9 Å². The monoisotopic (exact) mass is 643 g/mol. The van der Waals surface area contributed by atoms with E-state index in [4.69, 9.17) is 22.3 Å². The summed E-state index contributed by atoms with van der Waals surface area (Å²) in [6.07, 6.45) is -0.444. The maximum atomic E-state index is 13.8. The zero-order valence-corrected chi connectivity index (χ0v) is 25.6. The predicted molar refractivity (Wildman–Crippen MR) is 169 cm³/mol. The number of amides is 4. The van der Waals surface area contributed by atoms with Crippen molar-refractivity contribution >= 4 is 23.6 Å². The van der Waals surface area contributed by atoms with Crippen LogP contribution in [0.25, 0.3) is 11.1 Å². The molecule has 3 rings (SSSR count). The first kappa shape index (κ1) is 36.2. The van der Waals surface area contributed by atoms with Crippen molar-refractivity contribution in [3.8, 4) is 22.6 Å². The summed E-state index contributed by atoms with van der Waals surface area (Å²) < 4.78 is 0. The molecule has 46 heavy (non-hydrogen) atoms. The lowest BCUT2D eigenvalue weighted by atomic mass is 9.95. The topological polar surface area (TPSA) is 275 Å². The molecule has 4 bridgehead atoms. The number of hydrogen-bond donors (Lipinski definition) is 11. The highest BCUT2D eigenvalue weighted by molar-refractivity contribution is 5.95. The molecule has 4 amide bonds. The molecule has 2 aromatic carbocycles. The van der Waals surface area contributed by atoms with E-state index in [1.54, 1.807) is 24.3 Å². The molecular formula is C31H45N7O8. The molecule has 252 valence electrons. The third-order valence-electron chi connectivity index (χ3n) is 7.71. The first-order valence-corrected chi connectivity index (χ1v) is 15.2. The minimum Gasteiger partial charge on any atom is -0.508 e. The van der Waals surface area contributed by atoms with Crippen molar-refractivity contribution in [3.05, 3.63) is 47.5 Å². The number of aliphatic hydroxyl groups is 2. The second-order valence-corrected chi connectivity index (χ2v) is 11.3.